The van der Waals surface area contributed by atoms with Crippen LogP contribution in [0.4, 0.5) is 0 Å². The predicted octanol–water partition coefficient (Wildman–Crippen LogP) is 4.11. The second-order valence-corrected chi connectivity index (χ2v) is 10.6. The highest BCUT2D eigenvalue weighted by molar-refractivity contribution is 14.1. The van der Waals surface area contributed by atoms with Crippen molar-refractivity contribution in [3.63, 3.8) is 0 Å². The maximum Gasteiger partial charge on any atom is 0.237 e. The fourth-order valence-corrected chi connectivity index (χ4v) is 6.55. The summed E-state index contributed by atoms with van der Waals surface area (Å²) in [6.45, 7) is 0. The molecule has 33 heavy (non-hydrogen) atoms. The lowest BCUT2D eigenvalue weighted by atomic mass is 9.77. The first-order chi connectivity index (χ1) is 15.9. The zero-order valence-electron chi connectivity index (χ0n) is 17.8. The highest BCUT2D eigenvalue weighted by Gasteiger charge is 2.75. The Morgan fingerprint density at radius 1 is 0.818 bits per heavy atom. The summed E-state index contributed by atoms with van der Waals surface area (Å²) in [7, 11) is 0. The monoisotopic (exact) mass is 555 g/mol. The van der Waals surface area contributed by atoms with E-state index in [1.165, 1.54) is 4.90 Å². The quantitative estimate of drug-likeness (QED) is 0.317. The van der Waals surface area contributed by atoms with Crippen molar-refractivity contribution >= 4 is 46.0 Å². The second-order valence-electron chi connectivity index (χ2n) is 9.37. The van der Waals surface area contributed by atoms with Gasteiger partial charge in [0.1, 0.15) is 0 Å². The number of imide groups is 1. The van der Waals surface area contributed by atoms with E-state index in [1.807, 2.05) is 24.3 Å². The first kappa shape index (κ1) is 21.2. The molecule has 2 aromatic rings. The Balaban J connectivity index is 1.50. The van der Waals surface area contributed by atoms with Crippen molar-refractivity contribution in [2.45, 2.75) is 49.9 Å². The standard InChI is InChI=1S/C26H22INO5/c27-15-12-10-14(11-13-15)21-19-20(25(32)28(24(19)31)16-6-2-1-3-7-16)26(33-21)22(29)17-8-4-5-9-18(17)23(26)30/h4-5,8-13,16,19-21H,1-3,6-7H2/t19-,20+,21-/m0/s1. The first-order valence-corrected chi connectivity index (χ1v) is 12.5. The molecule has 2 heterocycles. The average Bonchev–Trinajstić information content (AvgIpc) is 3.40. The fraction of sp³-hybridized carbons (Fsp3) is 0.385. The third-order valence-electron chi connectivity index (χ3n) is 7.69. The number of Topliss-reactive ketones (excluding diaryl/α,β-unsaturated/α-hetero) is 2. The van der Waals surface area contributed by atoms with Gasteiger partial charge in [0.15, 0.2) is 0 Å². The van der Waals surface area contributed by atoms with Gasteiger partial charge >= 0.3 is 0 Å². The topological polar surface area (TPSA) is 80.8 Å². The van der Waals surface area contributed by atoms with E-state index in [-0.39, 0.29) is 23.1 Å². The predicted molar refractivity (Wildman–Crippen MR) is 127 cm³/mol. The van der Waals surface area contributed by atoms with Crippen molar-refractivity contribution in [1.29, 1.82) is 0 Å². The molecular formula is C26H22INO5. The van der Waals surface area contributed by atoms with Crippen LogP contribution in [-0.2, 0) is 14.3 Å². The van der Waals surface area contributed by atoms with Gasteiger partial charge in [0.2, 0.25) is 29.0 Å². The van der Waals surface area contributed by atoms with Crippen LogP contribution in [-0.4, -0.2) is 39.9 Å². The summed E-state index contributed by atoms with van der Waals surface area (Å²) in [6.07, 6.45) is 3.71. The van der Waals surface area contributed by atoms with Gasteiger partial charge in [-0.05, 0) is 53.1 Å². The normalized spacial score (nSPS) is 28.6. The minimum atomic E-state index is -1.97. The van der Waals surface area contributed by atoms with E-state index in [9.17, 15) is 19.2 Å². The van der Waals surface area contributed by atoms with Gasteiger partial charge in [-0.2, -0.15) is 0 Å². The number of carbonyl (C=O) groups is 4. The van der Waals surface area contributed by atoms with E-state index < -0.39 is 41.0 Å². The maximum absolute atomic E-state index is 13.9. The Hall–Kier alpha value is -2.39. The van der Waals surface area contributed by atoms with Gasteiger partial charge in [-0.25, -0.2) is 0 Å². The minimum Gasteiger partial charge on any atom is -0.349 e. The van der Waals surface area contributed by atoms with Gasteiger partial charge in [-0.3, -0.25) is 24.1 Å². The van der Waals surface area contributed by atoms with Crippen LogP contribution in [0, 0.1) is 15.4 Å². The van der Waals surface area contributed by atoms with Crippen molar-refractivity contribution in [2.24, 2.45) is 11.8 Å². The Morgan fingerprint density at radius 3 is 2.03 bits per heavy atom. The highest BCUT2D eigenvalue weighted by atomic mass is 127. The van der Waals surface area contributed by atoms with Gasteiger partial charge in [-0.15, -0.1) is 0 Å². The molecule has 6 rings (SSSR count). The van der Waals surface area contributed by atoms with Gasteiger partial charge < -0.3 is 4.74 Å². The van der Waals surface area contributed by atoms with Crippen molar-refractivity contribution in [1.82, 2.24) is 4.90 Å². The zero-order valence-corrected chi connectivity index (χ0v) is 20.0. The Bertz CT molecular complexity index is 1160. The summed E-state index contributed by atoms with van der Waals surface area (Å²) in [6, 6.07) is 13.9. The number of carbonyl (C=O) groups excluding carboxylic acids is 4. The van der Waals surface area contributed by atoms with E-state index >= 15 is 0 Å². The summed E-state index contributed by atoms with van der Waals surface area (Å²) < 4.78 is 7.33. The number of nitrogens with zero attached hydrogens (tertiary/aromatic N) is 1. The molecule has 168 valence electrons. The van der Waals surface area contributed by atoms with Crippen LogP contribution in [0.2, 0.25) is 0 Å². The van der Waals surface area contributed by atoms with Crippen LogP contribution >= 0.6 is 22.6 Å². The summed E-state index contributed by atoms with van der Waals surface area (Å²) in [5.41, 5.74) is -0.745. The summed E-state index contributed by atoms with van der Waals surface area (Å²) >= 11 is 2.19. The third-order valence-corrected chi connectivity index (χ3v) is 8.41. The molecule has 0 unspecified atom stereocenters. The molecule has 2 aromatic carbocycles. The number of benzene rings is 2. The fourth-order valence-electron chi connectivity index (χ4n) is 6.19. The third kappa shape index (κ3) is 2.81. The van der Waals surface area contributed by atoms with Crippen LogP contribution in [0.25, 0.3) is 0 Å². The number of hydrogen-bond acceptors (Lipinski definition) is 5. The molecule has 0 bridgehead atoms. The van der Waals surface area contributed by atoms with E-state index in [0.717, 1.165) is 35.7 Å². The van der Waals surface area contributed by atoms with Crippen molar-refractivity contribution in [3.05, 3.63) is 68.8 Å². The number of fused-ring (bicyclic) bond motifs is 3. The van der Waals surface area contributed by atoms with Crippen LogP contribution in [0.3, 0.4) is 0 Å². The SMILES string of the molecule is O=C1[C@@H]2[C@H](c3ccc(I)cc3)OC3(C(=O)c4ccccc4C3=O)[C@H]2C(=O)N1C1CCCCC1. The molecule has 0 radical (unpaired) electrons. The number of halogens is 1. The van der Waals surface area contributed by atoms with Gasteiger partial charge in [0, 0.05) is 20.7 Å². The van der Waals surface area contributed by atoms with Crippen molar-refractivity contribution in [2.75, 3.05) is 0 Å². The largest absolute Gasteiger partial charge is 0.349 e. The molecule has 2 aliphatic heterocycles. The van der Waals surface area contributed by atoms with Gasteiger partial charge in [-0.1, -0.05) is 55.7 Å². The molecule has 6 nitrogen and oxygen atoms in total. The number of ketones is 2. The number of hydrogen-bond donors (Lipinski definition) is 0. The van der Waals surface area contributed by atoms with E-state index in [4.69, 9.17) is 4.74 Å². The average molecular weight is 555 g/mol. The lowest BCUT2D eigenvalue weighted by molar-refractivity contribution is -0.148. The van der Waals surface area contributed by atoms with E-state index in [2.05, 4.69) is 22.6 Å². The summed E-state index contributed by atoms with van der Waals surface area (Å²) in [4.78, 5) is 56.4. The number of likely N-dealkylation sites (tertiary alicyclic amines) is 1. The summed E-state index contributed by atoms with van der Waals surface area (Å²) in [5, 5.41) is 0. The van der Waals surface area contributed by atoms with Crippen LogP contribution < -0.4 is 0 Å². The molecule has 0 aromatic heterocycles. The lowest BCUT2D eigenvalue weighted by Crippen LogP contribution is -2.52. The molecule has 2 aliphatic carbocycles. The number of rotatable bonds is 2. The van der Waals surface area contributed by atoms with Crippen LogP contribution in [0.15, 0.2) is 48.5 Å². The molecule has 1 saturated carbocycles. The number of ether oxygens (including phenoxy) is 1. The Kier molecular flexibility index (Phi) is 4.85. The van der Waals surface area contributed by atoms with E-state index in [0.29, 0.717) is 5.56 Å². The van der Waals surface area contributed by atoms with Crippen molar-refractivity contribution in [3.8, 4) is 0 Å². The maximum atomic E-state index is 13.9. The van der Waals surface area contributed by atoms with E-state index in [1.54, 1.807) is 24.3 Å². The highest BCUT2D eigenvalue weighted by Crippen LogP contribution is 2.57. The molecule has 0 N–H and O–H groups in total. The molecule has 2 saturated heterocycles. The molecule has 3 atom stereocenters. The van der Waals surface area contributed by atoms with Crippen LogP contribution in [0.1, 0.15) is 64.5 Å². The molecule has 2 amide bonds. The van der Waals surface area contributed by atoms with Gasteiger partial charge in [0.25, 0.3) is 0 Å². The molecular weight excluding hydrogens is 533 g/mol. The summed E-state index contributed by atoms with van der Waals surface area (Å²) in [5.74, 6) is -3.77. The molecule has 4 aliphatic rings. The number of amides is 2. The lowest BCUT2D eigenvalue weighted by Gasteiger charge is -2.33. The Morgan fingerprint density at radius 2 is 1.42 bits per heavy atom. The smallest absolute Gasteiger partial charge is 0.237 e. The Labute approximate surface area is 204 Å². The second kappa shape index (κ2) is 7.56. The molecule has 3 fully saturated rings. The zero-order chi connectivity index (χ0) is 22.9. The van der Waals surface area contributed by atoms with Crippen molar-refractivity contribution < 1.29 is 23.9 Å². The molecule has 7 heteroatoms. The molecule has 1 spiro atoms. The van der Waals surface area contributed by atoms with Crippen LogP contribution in [0.5, 0.6) is 0 Å². The first-order valence-electron chi connectivity index (χ1n) is 11.4. The van der Waals surface area contributed by atoms with Gasteiger partial charge in [0.05, 0.1) is 17.9 Å². The minimum absolute atomic E-state index is 0.173.